The molecule has 0 saturated carbocycles. The lowest BCUT2D eigenvalue weighted by Gasteiger charge is -2.16. The van der Waals surface area contributed by atoms with Crippen LogP contribution in [-0.2, 0) is 4.74 Å². The molecule has 0 aliphatic heterocycles. The number of fused-ring (bicyclic) bond motifs is 1. The number of aromatic nitrogens is 7. The van der Waals surface area contributed by atoms with Gasteiger partial charge in [0.05, 0.1) is 59.0 Å². The Balaban J connectivity index is 1.59. The van der Waals surface area contributed by atoms with Crippen molar-refractivity contribution >= 4 is 34.7 Å². The molecule has 1 unspecified atom stereocenters. The van der Waals surface area contributed by atoms with E-state index < -0.39 is 24.3 Å². The zero-order valence-electron chi connectivity index (χ0n) is 16.7. The molecular weight excluding hydrogens is 448 g/mol. The van der Waals surface area contributed by atoms with E-state index in [0.29, 0.717) is 17.1 Å². The molecule has 1 atom stereocenters. The first-order valence-corrected chi connectivity index (χ1v) is 9.54. The van der Waals surface area contributed by atoms with Crippen molar-refractivity contribution in [2.24, 2.45) is 0 Å². The summed E-state index contributed by atoms with van der Waals surface area (Å²) in [5, 5.41) is 17.4. The van der Waals surface area contributed by atoms with Crippen LogP contribution in [0.15, 0.2) is 37.1 Å². The number of anilines is 2. The number of alkyl halides is 2. The summed E-state index contributed by atoms with van der Waals surface area (Å²) in [5.74, 6) is 0.294. The van der Waals surface area contributed by atoms with Gasteiger partial charge in [-0.05, 0) is 13.0 Å². The molecule has 0 spiro atoms. The fourth-order valence-electron chi connectivity index (χ4n) is 2.95. The molecule has 0 fully saturated rings. The number of hydrogen-bond donors (Lipinski definition) is 2. The van der Waals surface area contributed by atoms with Crippen molar-refractivity contribution in [1.82, 2.24) is 34.6 Å². The van der Waals surface area contributed by atoms with Gasteiger partial charge in [-0.3, -0.25) is 0 Å². The van der Waals surface area contributed by atoms with Crippen LogP contribution in [0.1, 0.15) is 30.7 Å². The van der Waals surface area contributed by atoms with Gasteiger partial charge in [0, 0.05) is 7.11 Å². The highest BCUT2D eigenvalue weighted by molar-refractivity contribution is 6.32. The Labute approximate surface area is 184 Å². The van der Waals surface area contributed by atoms with Crippen LogP contribution in [-0.4, -0.2) is 47.7 Å². The lowest BCUT2D eigenvalue weighted by Crippen LogP contribution is -2.22. The molecule has 2 N–H and O–H groups in total. The third-order valence-electron chi connectivity index (χ3n) is 4.47. The van der Waals surface area contributed by atoms with Gasteiger partial charge in [0.15, 0.2) is 11.5 Å². The molecule has 11 nitrogen and oxygen atoms in total. The van der Waals surface area contributed by atoms with E-state index in [0.717, 1.165) is 6.20 Å². The van der Waals surface area contributed by atoms with Crippen molar-refractivity contribution < 1.29 is 18.3 Å². The van der Waals surface area contributed by atoms with Crippen LogP contribution in [0.4, 0.5) is 25.0 Å². The summed E-state index contributed by atoms with van der Waals surface area (Å²) < 4.78 is 32.7. The van der Waals surface area contributed by atoms with Crippen LogP contribution >= 0.6 is 11.6 Å². The third kappa shape index (κ3) is 4.20. The molecule has 0 aliphatic rings. The summed E-state index contributed by atoms with van der Waals surface area (Å²) in [6.45, 7) is 1.70. The average Bonchev–Trinajstić information content (AvgIpc) is 3.43. The molecular formula is C18H16ClF2N9O2. The minimum absolute atomic E-state index is 0.147. The number of pyridine rings is 1. The standard InChI is InChI=1S/C18H16ClF2N9O2/c1-9(32-2)14-12(7-25-29-8-13(15(20)21)27-17(14)29)28-18(31)26-10-5-11(19)16(22-6-10)30-23-3-4-24-30/h3-9,15H,1-2H3,(H2,26,28,31). The van der Waals surface area contributed by atoms with Gasteiger partial charge in [0.25, 0.3) is 6.43 Å². The normalized spacial score (nSPS) is 12.3. The molecule has 0 bridgehead atoms. The predicted molar refractivity (Wildman–Crippen MR) is 110 cm³/mol. The Hall–Kier alpha value is -3.71. The molecule has 4 aromatic heterocycles. The number of imidazole rings is 1. The molecule has 0 aliphatic carbocycles. The number of amides is 2. The van der Waals surface area contributed by atoms with E-state index in [2.05, 4.69) is 35.9 Å². The second-order valence-electron chi connectivity index (χ2n) is 6.51. The average molecular weight is 464 g/mol. The lowest BCUT2D eigenvalue weighted by molar-refractivity contribution is 0.120. The SMILES string of the molecule is COC(C)c1c(NC(=O)Nc2cnc(-n3nccn3)c(Cl)c2)cnn2cc(C(F)F)nc12. The van der Waals surface area contributed by atoms with Gasteiger partial charge in [0.1, 0.15) is 5.69 Å². The lowest BCUT2D eigenvalue weighted by atomic mass is 10.1. The van der Waals surface area contributed by atoms with Gasteiger partial charge in [-0.2, -0.15) is 15.3 Å². The van der Waals surface area contributed by atoms with E-state index in [1.54, 1.807) is 6.92 Å². The smallest absolute Gasteiger partial charge is 0.323 e. The molecule has 4 aromatic rings. The Kier molecular flexibility index (Phi) is 5.92. The first-order chi connectivity index (χ1) is 15.4. The Bertz CT molecular complexity index is 1260. The largest absolute Gasteiger partial charge is 0.377 e. The molecule has 14 heteroatoms. The second-order valence-corrected chi connectivity index (χ2v) is 6.92. The van der Waals surface area contributed by atoms with Crippen LogP contribution < -0.4 is 10.6 Å². The number of hydrogen-bond acceptors (Lipinski definition) is 7. The molecule has 32 heavy (non-hydrogen) atoms. The van der Waals surface area contributed by atoms with Crippen LogP contribution in [0, 0.1) is 0 Å². The maximum absolute atomic E-state index is 13.1. The van der Waals surface area contributed by atoms with E-state index >= 15 is 0 Å². The number of ether oxygens (including phenoxy) is 1. The van der Waals surface area contributed by atoms with Gasteiger partial charge in [0.2, 0.25) is 0 Å². The molecule has 2 amide bonds. The maximum Gasteiger partial charge on any atom is 0.323 e. The fraction of sp³-hybridized carbons (Fsp3) is 0.222. The summed E-state index contributed by atoms with van der Waals surface area (Å²) >= 11 is 6.21. The minimum Gasteiger partial charge on any atom is -0.377 e. The summed E-state index contributed by atoms with van der Waals surface area (Å²) in [6, 6.07) is 0.848. The first kappa shape index (κ1) is 21.5. The summed E-state index contributed by atoms with van der Waals surface area (Å²) in [5.41, 5.74) is 0.650. The molecule has 0 saturated heterocycles. The molecule has 0 aromatic carbocycles. The zero-order valence-corrected chi connectivity index (χ0v) is 17.5. The van der Waals surface area contributed by atoms with Gasteiger partial charge in [-0.15, -0.1) is 4.80 Å². The molecule has 4 heterocycles. The number of halogens is 3. The number of rotatable bonds is 6. The van der Waals surface area contributed by atoms with Gasteiger partial charge in [-0.25, -0.2) is 28.1 Å². The van der Waals surface area contributed by atoms with E-state index in [4.69, 9.17) is 16.3 Å². The Morgan fingerprint density at radius 2 is 1.94 bits per heavy atom. The van der Waals surface area contributed by atoms with E-state index in [1.165, 1.54) is 47.3 Å². The highest BCUT2D eigenvalue weighted by atomic mass is 35.5. The molecule has 4 rings (SSSR count). The number of urea groups is 1. The van der Waals surface area contributed by atoms with Crippen LogP contribution in [0.2, 0.25) is 5.02 Å². The van der Waals surface area contributed by atoms with Crippen molar-refractivity contribution in [2.45, 2.75) is 19.5 Å². The first-order valence-electron chi connectivity index (χ1n) is 9.16. The number of nitrogens with zero attached hydrogens (tertiary/aromatic N) is 7. The number of methoxy groups -OCH3 is 1. The quantitative estimate of drug-likeness (QED) is 0.447. The van der Waals surface area contributed by atoms with Crippen LogP contribution in [0.3, 0.4) is 0 Å². The maximum atomic E-state index is 13.1. The second kappa shape index (κ2) is 8.80. The van der Waals surface area contributed by atoms with Crippen molar-refractivity contribution in [3.05, 3.63) is 53.3 Å². The van der Waals surface area contributed by atoms with E-state index in [1.807, 2.05) is 0 Å². The summed E-state index contributed by atoms with van der Waals surface area (Å²) in [4.78, 5) is 21.9. The van der Waals surface area contributed by atoms with Crippen molar-refractivity contribution in [2.75, 3.05) is 17.7 Å². The van der Waals surface area contributed by atoms with Crippen LogP contribution in [0.5, 0.6) is 0 Å². The number of carbonyl (C=O) groups is 1. The molecule has 166 valence electrons. The highest BCUT2D eigenvalue weighted by Gasteiger charge is 2.22. The predicted octanol–water partition coefficient (Wildman–Crippen LogP) is 3.65. The third-order valence-corrected chi connectivity index (χ3v) is 4.75. The van der Waals surface area contributed by atoms with Gasteiger partial charge in [-0.1, -0.05) is 11.6 Å². The van der Waals surface area contributed by atoms with E-state index in [9.17, 15) is 13.6 Å². The number of nitrogens with one attached hydrogen (secondary N) is 2. The molecule has 0 radical (unpaired) electrons. The van der Waals surface area contributed by atoms with Crippen molar-refractivity contribution in [3.63, 3.8) is 0 Å². The number of carbonyl (C=O) groups excluding carboxylic acids is 1. The summed E-state index contributed by atoms with van der Waals surface area (Å²) in [7, 11) is 1.45. The Morgan fingerprint density at radius 1 is 1.19 bits per heavy atom. The van der Waals surface area contributed by atoms with Gasteiger partial charge >= 0.3 is 6.03 Å². The van der Waals surface area contributed by atoms with Gasteiger partial charge < -0.3 is 15.4 Å². The fourth-order valence-corrected chi connectivity index (χ4v) is 3.19. The highest BCUT2D eigenvalue weighted by Crippen LogP contribution is 2.30. The van der Waals surface area contributed by atoms with Crippen molar-refractivity contribution in [3.8, 4) is 5.82 Å². The Morgan fingerprint density at radius 3 is 2.59 bits per heavy atom. The summed E-state index contributed by atoms with van der Waals surface area (Å²) in [6.07, 6.45) is 3.45. The minimum atomic E-state index is -2.76. The van der Waals surface area contributed by atoms with Crippen molar-refractivity contribution in [1.29, 1.82) is 0 Å². The monoisotopic (exact) mass is 463 g/mol. The zero-order chi connectivity index (χ0) is 22.8. The van der Waals surface area contributed by atoms with Crippen LogP contribution in [0.25, 0.3) is 11.5 Å². The van der Waals surface area contributed by atoms with E-state index in [-0.39, 0.29) is 16.4 Å². The topological polar surface area (TPSA) is 124 Å².